The summed E-state index contributed by atoms with van der Waals surface area (Å²) in [4.78, 5) is 25.0. The van der Waals surface area contributed by atoms with Gasteiger partial charge in [0.2, 0.25) is 0 Å². The van der Waals surface area contributed by atoms with Crippen molar-refractivity contribution in [2.24, 2.45) is 0 Å². The van der Waals surface area contributed by atoms with Gasteiger partial charge >= 0.3 is 0 Å². The standard InChI is InChI=1S/C40H74O3/c1-5-7-9-11-13-15-17-19-21-23-25-27-29-31-33-35-39(41)37(3)43-38(4)40(42)36-34-32-30-28-26-24-22-20-18-16-14-12-10-8-6-2/h19-22,37-38H,5-18,23-36H2,1-4H3. The smallest absolute Gasteiger partial charge is 0.161 e. The minimum atomic E-state index is -0.482. The summed E-state index contributed by atoms with van der Waals surface area (Å²) in [6.45, 7) is 8.16. The number of rotatable bonds is 34. The van der Waals surface area contributed by atoms with Crippen LogP contribution in [0.25, 0.3) is 0 Å². The Bertz CT molecular complexity index is 609. The predicted octanol–water partition coefficient (Wildman–Crippen LogP) is 13.0. The minimum absolute atomic E-state index is 0.137. The third-order valence-electron chi connectivity index (χ3n) is 8.69. The van der Waals surface area contributed by atoms with Crippen molar-refractivity contribution in [1.82, 2.24) is 0 Å². The largest absolute Gasteiger partial charge is 0.360 e. The lowest BCUT2D eigenvalue weighted by Gasteiger charge is -2.17. The number of unbranched alkanes of at least 4 members (excludes halogenated alkanes) is 22. The molecule has 0 aliphatic heterocycles. The molecule has 0 radical (unpaired) electrons. The summed E-state index contributed by atoms with van der Waals surface area (Å²) in [5.74, 6) is 0.275. The van der Waals surface area contributed by atoms with Crippen LogP contribution in [0.15, 0.2) is 24.3 Å². The van der Waals surface area contributed by atoms with E-state index in [0.29, 0.717) is 12.8 Å². The van der Waals surface area contributed by atoms with Gasteiger partial charge in [0.05, 0.1) is 0 Å². The first-order valence-electron chi connectivity index (χ1n) is 19.0. The Kier molecular flexibility index (Phi) is 32.7. The molecule has 0 heterocycles. The fraction of sp³-hybridized carbons (Fsp3) is 0.850. The summed E-state index contributed by atoms with van der Waals surface area (Å²) in [5, 5.41) is 0. The quantitative estimate of drug-likeness (QED) is 0.0543. The summed E-state index contributed by atoms with van der Waals surface area (Å²) in [5.41, 5.74) is 0. The molecular formula is C40H74O3. The van der Waals surface area contributed by atoms with Crippen molar-refractivity contribution >= 4 is 11.6 Å². The maximum Gasteiger partial charge on any atom is 0.161 e. The molecule has 0 aliphatic carbocycles. The lowest BCUT2D eigenvalue weighted by atomic mass is 10.0. The van der Waals surface area contributed by atoms with Gasteiger partial charge in [-0.1, -0.05) is 141 Å². The van der Waals surface area contributed by atoms with Crippen molar-refractivity contribution in [3.63, 3.8) is 0 Å². The predicted molar refractivity (Wildman–Crippen MR) is 189 cm³/mol. The zero-order chi connectivity index (χ0) is 31.6. The summed E-state index contributed by atoms with van der Waals surface area (Å²) in [6, 6.07) is 0. The van der Waals surface area contributed by atoms with Crippen LogP contribution < -0.4 is 0 Å². The Morgan fingerprint density at radius 3 is 0.977 bits per heavy atom. The molecule has 0 bridgehead atoms. The van der Waals surface area contributed by atoms with E-state index in [2.05, 4.69) is 38.2 Å². The topological polar surface area (TPSA) is 43.4 Å². The number of carbonyl (C=O) groups excluding carboxylic acids is 2. The number of allylic oxidation sites excluding steroid dienone is 4. The van der Waals surface area contributed by atoms with E-state index in [9.17, 15) is 9.59 Å². The fourth-order valence-corrected chi connectivity index (χ4v) is 5.60. The first-order valence-corrected chi connectivity index (χ1v) is 19.0. The average molecular weight is 603 g/mol. The van der Waals surface area contributed by atoms with Crippen LogP contribution >= 0.6 is 0 Å². The Balaban J connectivity index is 3.61. The molecule has 0 saturated carbocycles. The lowest BCUT2D eigenvalue weighted by molar-refractivity contribution is -0.141. The molecule has 0 spiro atoms. The van der Waals surface area contributed by atoms with E-state index in [1.807, 2.05) is 13.8 Å². The third-order valence-corrected chi connectivity index (χ3v) is 8.69. The van der Waals surface area contributed by atoms with Crippen molar-refractivity contribution in [3.8, 4) is 0 Å². The molecule has 2 atom stereocenters. The summed E-state index contributed by atoms with van der Waals surface area (Å²) >= 11 is 0. The van der Waals surface area contributed by atoms with E-state index >= 15 is 0 Å². The van der Waals surface area contributed by atoms with Crippen LogP contribution in [-0.2, 0) is 14.3 Å². The van der Waals surface area contributed by atoms with Crippen molar-refractivity contribution in [2.45, 2.75) is 220 Å². The van der Waals surface area contributed by atoms with Crippen LogP contribution in [0.3, 0.4) is 0 Å². The highest BCUT2D eigenvalue weighted by molar-refractivity contribution is 5.85. The Morgan fingerprint density at radius 2 is 0.674 bits per heavy atom. The number of hydrogen-bond acceptors (Lipinski definition) is 3. The molecule has 3 nitrogen and oxygen atoms in total. The van der Waals surface area contributed by atoms with E-state index in [0.717, 1.165) is 25.7 Å². The molecule has 0 N–H and O–H groups in total. The molecule has 2 unspecified atom stereocenters. The van der Waals surface area contributed by atoms with Gasteiger partial charge in [-0.2, -0.15) is 0 Å². The SMILES string of the molecule is CCCCCCCCC=CCCCCCCCC(=O)C(C)OC(C)C(=O)CCCCCCCC=CCCCCCCCC. The number of carbonyl (C=O) groups is 2. The lowest BCUT2D eigenvalue weighted by Crippen LogP contribution is -2.30. The van der Waals surface area contributed by atoms with E-state index < -0.39 is 12.2 Å². The van der Waals surface area contributed by atoms with Crippen molar-refractivity contribution in [2.75, 3.05) is 0 Å². The highest BCUT2D eigenvalue weighted by Crippen LogP contribution is 2.14. The molecule has 0 amide bonds. The normalized spacial score (nSPS) is 13.3. The number of ketones is 2. The van der Waals surface area contributed by atoms with Gasteiger partial charge in [-0.15, -0.1) is 0 Å². The van der Waals surface area contributed by atoms with Crippen LogP contribution in [0.1, 0.15) is 207 Å². The summed E-state index contributed by atoms with van der Waals surface area (Å²) < 4.78 is 5.81. The average Bonchev–Trinajstić information content (AvgIpc) is 3.00. The van der Waals surface area contributed by atoms with E-state index in [4.69, 9.17) is 4.74 Å². The fourth-order valence-electron chi connectivity index (χ4n) is 5.60. The highest BCUT2D eigenvalue weighted by atomic mass is 16.5. The van der Waals surface area contributed by atoms with Crippen molar-refractivity contribution in [1.29, 1.82) is 0 Å². The number of hydrogen-bond donors (Lipinski definition) is 0. The second kappa shape index (κ2) is 33.7. The maximum absolute atomic E-state index is 12.5. The first kappa shape index (κ1) is 41.8. The van der Waals surface area contributed by atoms with Crippen LogP contribution in [0.2, 0.25) is 0 Å². The van der Waals surface area contributed by atoms with E-state index in [-0.39, 0.29) is 11.6 Å². The molecule has 0 aliphatic rings. The second-order valence-electron chi connectivity index (χ2n) is 13.0. The maximum atomic E-state index is 12.5. The number of Topliss-reactive ketones (excluding diaryl/α,β-unsaturated/α-hetero) is 2. The van der Waals surface area contributed by atoms with E-state index in [1.165, 1.54) is 141 Å². The van der Waals surface area contributed by atoms with Crippen LogP contribution in [0.5, 0.6) is 0 Å². The van der Waals surface area contributed by atoms with Gasteiger partial charge in [0, 0.05) is 12.8 Å². The van der Waals surface area contributed by atoms with Gasteiger partial charge in [-0.05, 0) is 78.1 Å². The monoisotopic (exact) mass is 603 g/mol. The van der Waals surface area contributed by atoms with Gasteiger partial charge in [-0.25, -0.2) is 0 Å². The Labute approximate surface area is 269 Å². The second-order valence-corrected chi connectivity index (χ2v) is 13.0. The van der Waals surface area contributed by atoms with Crippen molar-refractivity contribution < 1.29 is 14.3 Å². The molecule has 43 heavy (non-hydrogen) atoms. The highest BCUT2D eigenvalue weighted by Gasteiger charge is 2.20. The molecule has 3 heteroatoms. The third kappa shape index (κ3) is 30.6. The first-order chi connectivity index (χ1) is 21.0. The van der Waals surface area contributed by atoms with Crippen LogP contribution in [0, 0.1) is 0 Å². The molecule has 0 fully saturated rings. The van der Waals surface area contributed by atoms with Gasteiger partial charge in [0.1, 0.15) is 12.2 Å². The Hall–Kier alpha value is -1.22. The van der Waals surface area contributed by atoms with Gasteiger partial charge in [-0.3, -0.25) is 9.59 Å². The minimum Gasteiger partial charge on any atom is -0.360 e. The molecule has 0 saturated heterocycles. The van der Waals surface area contributed by atoms with Crippen molar-refractivity contribution in [3.05, 3.63) is 24.3 Å². The molecule has 0 rings (SSSR count). The summed E-state index contributed by atoms with van der Waals surface area (Å²) in [6.07, 6.45) is 42.3. The van der Waals surface area contributed by atoms with Crippen LogP contribution in [-0.4, -0.2) is 23.8 Å². The zero-order valence-electron chi connectivity index (χ0n) is 29.5. The molecule has 0 aromatic heterocycles. The Morgan fingerprint density at radius 1 is 0.419 bits per heavy atom. The van der Waals surface area contributed by atoms with Gasteiger partial charge < -0.3 is 4.74 Å². The molecule has 0 aromatic rings. The van der Waals surface area contributed by atoms with E-state index in [1.54, 1.807) is 0 Å². The zero-order valence-corrected chi connectivity index (χ0v) is 29.5. The molecular weight excluding hydrogens is 528 g/mol. The molecule has 0 aromatic carbocycles. The molecule has 252 valence electrons. The van der Waals surface area contributed by atoms with Crippen LogP contribution in [0.4, 0.5) is 0 Å². The van der Waals surface area contributed by atoms with Gasteiger partial charge in [0.15, 0.2) is 11.6 Å². The van der Waals surface area contributed by atoms with Gasteiger partial charge in [0.25, 0.3) is 0 Å². The number of ether oxygens (including phenoxy) is 1. The summed E-state index contributed by atoms with van der Waals surface area (Å²) in [7, 11) is 0.